The number of esters is 1. The second-order valence-corrected chi connectivity index (χ2v) is 2.54. The Bertz CT molecular complexity index is 84.1. The maximum absolute atomic E-state index is 10.3. The van der Waals surface area contributed by atoms with Gasteiger partial charge in [-0.25, -0.2) is 0 Å². The summed E-state index contributed by atoms with van der Waals surface area (Å²) in [7, 11) is 0. The molecule has 0 saturated heterocycles. The average molecular weight is 248 g/mol. The molecule has 0 spiro atoms. The van der Waals surface area contributed by atoms with E-state index in [1.165, 1.54) is 0 Å². The van der Waals surface area contributed by atoms with Crippen LogP contribution >= 0.6 is 34.2 Å². The van der Waals surface area contributed by atoms with Gasteiger partial charge >= 0.3 is 5.97 Å². The largest absolute Gasteiger partial charge is 0.446 e. The van der Waals surface area contributed by atoms with Gasteiger partial charge in [-0.2, -0.15) is 0 Å². The molecule has 0 radical (unpaired) electrons. The molecule has 0 aliphatic heterocycles. The molecule has 0 aliphatic carbocycles. The summed E-state index contributed by atoms with van der Waals surface area (Å²) in [5.41, 5.74) is -0.503. The van der Waals surface area contributed by atoms with E-state index in [4.69, 9.17) is 11.6 Å². The predicted octanol–water partition coefficient (Wildman–Crippen LogP) is 1.55. The number of hydrogen-bond acceptors (Lipinski definition) is 2. The van der Waals surface area contributed by atoms with Crippen molar-refractivity contribution in [2.75, 3.05) is 4.43 Å². The van der Waals surface area contributed by atoms with Gasteiger partial charge < -0.3 is 4.74 Å². The number of ether oxygens (including phenoxy) is 1. The van der Waals surface area contributed by atoms with Crippen LogP contribution in [0.3, 0.4) is 0 Å². The van der Waals surface area contributed by atoms with Crippen LogP contribution in [0.5, 0.6) is 0 Å². The molecule has 0 bridgehead atoms. The topological polar surface area (TPSA) is 26.3 Å². The van der Waals surface area contributed by atoms with Gasteiger partial charge in [0.2, 0.25) is 0 Å². The summed E-state index contributed by atoms with van der Waals surface area (Å²) in [5.74, 6) is -0.270. The standard InChI is InChI=1S/C4H6ClIO2/c1-3(5)8-4(7)2-6/h3H,2H2,1H3. The van der Waals surface area contributed by atoms with Gasteiger partial charge in [0.1, 0.15) is 0 Å². The van der Waals surface area contributed by atoms with Crippen molar-refractivity contribution in [1.29, 1.82) is 0 Å². The monoisotopic (exact) mass is 248 g/mol. The van der Waals surface area contributed by atoms with Crippen molar-refractivity contribution in [3.05, 3.63) is 0 Å². The highest BCUT2D eigenvalue weighted by atomic mass is 127. The van der Waals surface area contributed by atoms with Crippen LogP contribution in [0.1, 0.15) is 6.92 Å². The highest BCUT2D eigenvalue weighted by molar-refractivity contribution is 14.1. The van der Waals surface area contributed by atoms with Crippen LogP contribution in [0.25, 0.3) is 0 Å². The third-order valence-electron chi connectivity index (χ3n) is 0.403. The Labute approximate surface area is 66.7 Å². The van der Waals surface area contributed by atoms with Crippen LogP contribution in [-0.2, 0) is 9.53 Å². The van der Waals surface area contributed by atoms with E-state index in [2.05, 4.69) is 4.74 Å². The molecule has 2 nitrogen and oxygen atoms in total. The Kier molecular flexibility index (Phi) is 4.64. The molecule has 0 heterocycles. The third kappa shape index (κ3) is 4.64. The zero-order chi connectivity index (χ0) is 6.57. The van der Waals surface area contributed by atoms with Crippen molar-refractivity contribution < 1.29 is 9.53 Å². The van der Waals surface area contributed by atoms with Gasteiger partial charge in [0.05, 0.1) is 4.43 Å². The van der Waals surface area contributed by atoms with Gasteiger partial charge in [-0.3, -0.25) is 4.79 Å². The fourth-order valence-electron chi connectivity index (χ4n) is 0.213. The summed E-state index contributed by atoms with van der Waals surface area (Å²) >= 11 is 7.22. The normalized spacial score (nSPS) is 12.9. The van der Waals surface area contributed by atoms with E-state index < -0.39 is 5.56 Å². The van der Waals surface area contributed by atoms with Crippen LogP contribution < -0.4 is 0 Å². The van der Waals surface area contributed by atoms with Gasteiger partial charge in [0.15, 0.2) is 5.56 Å². The van der Waals surface area contributed by atoms with Gasteiger partial charge in [0.25, 0.3) is 0 Å². The molecule has 48 valence electrons. The lowest BCUT2D eigenvalue weighted by Crippen LogP contribution is -2.09. The lowest BCUT2D eigenvalue weighted by molar-refractivity contribution is -0.141. The minimum absolute atomic E-state index is 0.270. The van der Waals surface area contributed by atoms with Crippen molar-refractivity contribution in [3.8, 4) is 0 Å². The molecule has 0 fully saturated rings. The quantitative estimate of drug-likeness (QED) is 0.421. The lowest BCUT2D eigenvalue weighted by Gasteiger charge is -2.01. The minimum Gasteiger partial charge on any atom is -0.446 e. The van der Waals surface area contributed by atoms with E-state index in [1.807, 2.05) is 22.6 Å². The SMILES string of the molecule is CC(Cl)OC(=O)CI. The molecule has 0 aromatic rings. The van der Waals surface area contributed by atoms with Gasteiger partial charge in [-0.15, -0.1) is 0 Å². The number of rotatable bonds is 2. The summed E-state index contributed by atoms with van der Waals surface area (Å²) in [6.45, 7) is 1.60. The molecule has 0 rings (SSSR count). The minimum atomic E-state index is -0.503. The smallest absolute Gasteiger partial charge is 0.317 e. The average Bonchev–Trinajstić information content (AvgIpc) is 1.65. The van der Waals surface area contributed by atoms with E-state index in [1.54, 1.807) is 6.92 Å². The van der Waals surface area contributed by atoms with Crippen molar-refractivity contribution in [1.82, 2.24) is 0 Å². The number of carbonyl (C=O) groups is 1. The summed E-state index contributed by atoms with van der Waals surface area (Å²) in [6, 6.07) is 0. The Balaban J connectivity index is 3.25. The lowest BCUT2D eigenvalue weighted by atomic mass is 10.8. The fraction of sp³-hybridized carbons (Fsp3) is 0.750. The molecule has 0 aromatic heterocycles. The van der Waals surface area contributed by atoms with Crippen molar-refractivity contribution in [3.63, 3.8) is 0 Å². The highest BCUT2D eigenvalue weighted by Crippen LogP contribution is 1.97. The number of alkyl halides is 2. The van der Waals surface area contributed by atoms with Crippen LogP contribution in [0.4, 0.5) is 0 Å². The number of carbonyl (C=O) groups excluding carboxylic acids is 1. The summed E-state index contributed by atoms with van der Waals surface area (Å²) in [5, 5.41) is 0. The first-order chi connectivity index (χ1) is 3.66. The zero-order valence-electron chi connectivity index (χ0n) is 4.36. The van der Waals surface area contributed by atoms with Crippen LogP contribution in [0, 0.1) is 0 Å². The van der Waals surface area contributed by atoms with Gasteiger partial charge in [-0.05, 0) is 6.92 Å². The molecule has 8 heavy (non-hydrogen) atoms. The Morgan fingerprint density at radius 3 is 2.62 bits per heavy atom. The van der Waals surface area contributed by atoms with Gasteiger partial charge in [-0.1, -0.05) is 34.2 Å². The Morgan fingerprint density at radius 1 is 2.00 bits per heavy atom. The fourth-order valence-corrected chi connectivity index (χ4v) is 0.492. The number of halogens is 2. The van der Waals surface area contributed by atoms with E-state index in [0.29, 0.717) is 4.43 Å². The second kappa shape index (κ2) is 4.38. The molecule has 0 aromatic carbocycles. The van der Waals surface area contributed by atoms with E-state index in [9.17, 15) is 4.79 Å². The van der Waals surface area contributed by atoms with E-state index in [0.717, 1.165) is 0 Å². The summed E-state index contributed by atoms with van der Waals surface area (Å²) in [4.78, 5) is 10.3. The first kappa shape index (κ1) is 8.49. The van der Waals surface area contributed by atoms with Crippen LogP contribution in [0.2, 0.25) is 0 Å². The first-order valence-corrected chi connectivity index (χ1v) is 4.02. The molecule has 1 atom stereocenters. The van der Waals surface area contributed by atoms with E-state index >= 15 is 0 Å². The molecular weight excluding hydrogens is 242 g/mol. The molecular formula is C4H6ClIO2. The maximum Gasteiger partial charge on any atom is 0.317 e. The molecule has 0 amide bonds. The summed E-state index contributed by atoms with van der Waals surface area (Å²) < 4.78 is 4.87. The molecule has 0 aliphatic rings. The predicted molar refractivity (Wildman–Crippen MR) is 40.3 cm³/mol. The Hall–Kier alpha value is 0.490. The van der Waals surface area contributed by atoms with Crippen molar-refractivity contribution >= 4 is 40.2 Å². The van der Waals surface area contributed by atoms with Crippen LogP contribution in [0.15, 0.2) is 0 Å². The highest BCUT2D eigenvalue weighted by Gasteiger charge is 2.01. The van der Waals surface area contributed by atoms with E-state index in [-0.39, 0.29) is 5.97 Å². The number of hydrogen-bond donors (Lipinski definition) is 0. The molecule has 4 heteroatoms. The Morgan fingerprint density at radius 2 is 2.50 bits per heavy atom. The molecule has 0 saturated carbocycles. The second-order valence-electron chi connectivity index (χ2n) is 1.17. The third-order valence-corrected chi connectivity index (χ3v) is 1.11. The molecule has 1 unspecified atom stereocenters. The van der Waals surface area contributed by atoms with Crippen molar-refractivity contribution in [2.24, 2.45) is 0 Å². The molecule has 0 N–H and O–H groups in total. The van der Waals surface area contributed by atoms with Crippen LogP contribution in [-0.4, -0.2) is 16.0 Å². The zero-order valence-corrected chi connectivity index (χ0v) is 7.27. The maximum atomic E-state index is 10.3. The van der Waals surface area contributed by atoms with Crippen molar-refractivity contribution in [2.45, 2.75) is 12.5 Å². The van der Waals surface area contributed by atoms with Gasteiger partial charge in [0, 0.05) is 0 Å². The first-order valence-electron chi connectivity index (χ1n) is 2.06. The summed E-state index contributed by atoms with van der Waals surface area (Å²) in [6.07, 6.45) is 0.